The average molecular weight is 386 g/mol. The maximum atomic E-state index is 12.4. The first-order valence-electron chi connectivity index (χ1n) is 8.04. The molecule has 2 aromatic carbocycles. The van der Waals surface area contributed by atoms with Crippen molar-refractivity contribution in [1.29, 1.82) is 5.26 Å². The van der Waals surface area contributed by atoms with Crippen molar-refractivity contribution in [2.24, 2.45) is 0 Å². The highest BCUT2D eigenvalue weighted by Crippen LogP contribution is 2.26. The van der Waals surface area contributed by atoms with Crippen LogP contribution >= 0.6 is 11.6 Å². The fourth-order valence-corrected chi connectivity index (χ4v) is 2.36. The summed E-state index contributed by atoms with van der Waals surface area (Å²) in [6.45, 7) is 2.43. The molecule has 0 fully saturated rings. The van der Waals surface area contributed by atoms with Gasteiger partial charge in [-0.3, -0.25) is 14.9 Å². The van der Waals surface area contributed by atoms with Crippen LogP contribution in [0, 0.1) is 21.4 Å². The number of ether oxygens (including phenoxy) is 1. The SMILES string of the molecule is CCCOc1ccc(Cl)cc1/C=C(\C#N)C(=O)Nc1cccc([N+](=O)[O-])c1. The number of nitro benzene ring substituents is 1. The second kappa shape index (κ2) is 9.36. The summed E-state index contributed by atoms with van der Waals surface area (Å²) in [4.78, 5) is 22.7. The number of rotatable bonds is 7. The van der Waals surface area contributed by atoms with Crippen LogP contribution in [0.15, 0.2) is 48.0 Å². The molecule has 8 heteroatoms. The monoisotopic (exact) mass is 385 g/mol. The first-order chi connectivity index (χ1) is 12.9. The Kier molecular flexibility index (Phi) is 6.92. The molecule has 2 rings (SSSR count). The minimum Gasteiger partial charge on any atom is -0.493 e. The highest BCUT2D eigenvalue weighted by atomic mass is 35.5. The maximum absolute atomic E-state index is 12.4. The molecule has 0 heterocycles. The number of nitrogens with zero attached hydrogens (tertiary/aromatic N) is 2. The molecule has 0 unspecified atom stereocenters. The van der Waals surface area contributed by atoms with E-state index in [9.17, 15) is 20.2 Å². The van der Waals surface area contributed by atoms with E-state index >= 15 is 0 Å². The zero-order chi connectivity index (χ0) is 19.8. The van der Waals surface area contributed by atoms with Gasteiger partial charge in [-0.1, -0.05) is 24.6 Å². The second-order valence-corrected chi connectivity index (χ2v) is 5.90. The van der Waals surface area contributed by atoms with Crippen molar-refractivity contribution >= 4 is 35.0 Å². The van der Waals surface area contributed by atoms with Gasteiger partial charge in [0.05, 0.1) is 11.5 Å². The topological polar surface area (TPSA) is 105 Å². The number of hydrogen-bond donors (Lipinski definition) is 1. The van der Waals surface area contributed by atoms with Gasteiger partial charge in [0.2, 0.25) is 0 Å². The van der Waals surface area contributed by atoms with E-state index in [0.717, 1.165) is 6.42 Å². The van der Waals surface area contributed by atoms with Gasteiger partial charge in [0.1, 0.15) is 17.4 Å². The summed E-state index contributed by atoms with van der Waals surface area (Å²) in [7, 11) is 0. The van der Waals surface area contributed by atoms with Gasteiger partial charge in [-0.15, -0.1) is 0 Å². The van der Waals surface area contributed by atoms with Gasteiger partial charge in [-0.25, -0.2) is 0 Å². The number of nitriles is 1. The van der Waals surface area contributed by atoms with Crippen molar-refractivity contribution in [3.8, 4) is 11.8 Å². The lowest BCUT2D eigenvalue weighted by molar-refractivity contribution is -0.384. The van der Waals surface area contributed by atoms with Crippen LogP contribution in [0.4, 0.5) is 11.4 Å². The van der Waals surface area contributed by atoms with Gasteiger partial charge in [-0.05, 0) is 36.8 Å². The van der Waals surface area contributed by atoms with Gasteiger partial charge in [0.15, 0.2) is 0 Å². The number of hydrogen-bond acceptors (Lipinski definition) is 5. The number of anilines is 1. The van der Waals surface area contributed by atoms with Gasteiger partial charge in [0, 0.05) is 28.4 Å². The molecule has 0 aliphatic heterocycles. The van der Waals surface area contributed by atoms with E-state index < -0.39 is 10.8 Å². The van der Waals surface area contributed by atoms with Gasteiger partial charge >= 0.3 is 0 Å². The Morgan fingerprint density at radius 3 is 2.81 bits per heavy atom. The Balaban J connectivity index is 2.29. The Morgan fingerprint density at radius 2 is 2.15 bits per heavy atom. The minimum absolute atomic E-state index is 0.166. The molecule has 0 saturated carbocycles. The standard InChI is InChI=1S/C19H16ClN3O4/c1-2-8-27-18-7-6-15(20)10-13(18)9-14(12-21)19(24)22-16-4-3-5-17(11-16)23(25)26/h3-7,9-11H,2,8H2,1H3,(H,22,24)/b14-9+. The van der Waals surface area contributed by atoms with Crippen molar-refractivity contribution in [3.05, 3.63) is 68.7 Å². The molecule has 0 aromatic heterocycles. The molecule has 0 atom stereocenters. The Bertz CT molecular complexity index is 935. The largest absolute Gasteiger partial charge is 0.493 e. The molecule has 0 bridgehead atoms. The summed E-state index contributed by atoms with van der Waals surface area (Å²) >= 11 is 6.00. The molecule has 0 spiro atoms. The summed E-state index contributed by atoms with van der Waals surface area (Å²) in [6.07, 6.45) is 2.16. The van der Waals surface area contributed by atoms with Crippen LogP contribution in [-0.2, 0) is 4.79 Å². The van der Waals surface area contributed by atoms with Gasteiger partial charge in [0.25, 0.3) is 11.6 Å². The second-order valence-electron chi connectivity index (χ2n) is 5.46. The van der Waals surface area contributed by atoms with E-state index in [1.807, 2.05) is 13.0 Å². The fraction of sp³-hybridized carbons (Fsp3) is 0.158. The van der Waals surface area contributed by atoms with Crippen LogP contribution in [0.25, 0.3) is 6.08 Å². The number of nitro groups is 1. The fourth-order valence-electron chi connectivity index (χ4n) is 2.18. The lowest BCUT2D eigenvalue weighted by Crippen LogP contribution is -2.13. The third kappa shape index (κ3) is 5.56. The molecule has 1 amide bonds. The summed E-state index contributed by atoms with van der Waals surface area (Å²) in [5.41, 5.74) is 0.344. The Hall–Kier alpha value is -3.37. The first-order valence-corrected chi connectivity index (χ1v) is 8.42. The molecule has 1 N–H and O–H groups in total. The van der Waals surface area contributed by atoms with Crippen molar-refractivity contribution in [2.75, 3.05) is 11.9 Å². The van der Waals surface area contributed by atoms with E-state index in [0.29, 0.717) is 22.9 Å². The molecule has 138 valence electrons. The molecule has 0 aliphatic rings. The van der Waals surface area contributed by atoms with E-state index in [-0.39, 0.29) is 16.9 Å². The summed E-state index contributed by atoms with van der Waals surface area (Å²) in [5, 5.41) is 23.1. The molecule has 27 heavy (non-hydrogen) atoms. The van der Waals surface area contributed by atoms with Crippen LogP contribution in [0.1, 0.15) is 18.9 Å². The van der Waals surface area contributed by atoms with E-state index in [1.54, 1.807) is 18.2 Å². The van der Waals surface area contributed by atoms with E-state index in [4.69, 9.17) is 16.3 Å². The smallest absolute Gasteiger partial charge is 0.271 e. The molecule has 0 radical (unpaired) electrons. The first kappa shape index (κ1) is 19.9. The number of halogens is 1. The van der Waals surface area contributed by atoms with Crippen LogP contribution in [0.5, 0.6) is 5.75 Å². The van der Waals surface area contributed by atoms with Crippen molar-refractivity contribution in [1.82, 2.24) is 0 Å². The van der Waals surface area contributed by atoms with Crippen molar-refractivity contribution < 1.29 is 14.5 Å². The number of nitrogens with one attached hydrogen (secondary N) is 1. The third-order valence-electron chi connectivity index (χ3n) is 3.41. The normalized spacial score (nSPS) is 10.8. The number of benzene rings is 2. The molecular weight excluding hydrogens is 370 g/mol. The summed E-state index contributed by atoms with van der Waals surface area (Å²) < 4.78 is 5.61. The number of carbonyl (C=O) groups is 1. The zero-order valence-electron chi connectivity index (χ0n) is 14.4. The minimum atomic E-state index is -0.695. The molecule has 0 saturated heterocycles. The number of carbonyl (C=O) groups excluding carboxylic acids is 1. The summed E-state index contributed by atoms with van der Waals surface area (Å²) in [5.74, 6) is -0.198. The number of amides is 1. The Morgan fingerprint density at radius 1 is 1.37 bits per heavy atom. The average Bonchev–Trinajstić information content (AvgIpc) is 2.65. The maximum Gasteiger partial charge on any atom is 0.271 e. The zero-order valence-corrected chi connectivity index (χ0v) is 15.2. The van der Waals surface area contributed by atoms with Crippen molar-refractivity contribution in [3.63, 3.8) is 0 Å². The van der Waals surface area contributed by atoms with Gasteiger partial charge < -0.3 is 10.1 Å². The van der Waals surface area contributed by atoms with Crippen molar-refractivity contribution in [2.45, 2.75) is 13.3 Å². The van der Waals surface area contributed by atoms with Gasteiger partial charge in [-0.2, -0.15) is 5.26 Å². The highest BCUT2D eigenvalue weighted by Gasteiger charge is 2.13. The van der Waals surface area contributed by atoms with Crippen LogP contribution in [-0.4, -0.2) is 17.4 Å². The number of non-ortho nitro benzene ring substituents is 1. The molecule has 7 nitrogen and oxygen atoms in total. The van der Waals surface area contributed by atoms with Crippen LogP contribution in [0.3, 0.4) is 0 Å². The predicted octanol–water partition coefficient (Wildman–Crippen LogP) is 4.58. The highest BCUT2D eigenvalue weighted by molar-refractivity contribution is 6.30. The van der Waals surface area contributed by atoms with Crippen LogP contribution < -0.4 is 10.1 Å². The van der Waals surface area contributed by atoms with E-state index in [1.165, 1.54) is 30.3 Å². The summed E-state index contributed by atoms with van der Waals surface area (Å²) in [6, 6.07) is 12.2. The molecule has 0 aliphatic carbocycles. The van der Waals surface area contributed by atoms with Crippen LogP contribution in [0.2, 0.25) is 5.02 Å². The third-order valence-corrected chi connectivity index (χ3v) is 3.65. The molecular formula is C19H16ClN3O4. The van der Waals surface area contributed by atoms with E-state index in [2.05, 4.69) is 5.32 Å². The lowest BCUT2D eigenvalue weighted by atomic mass is 10.1. The quantitative estimate of drug-likeness (QED) is 0.325. The predicted molar refractivity (Wildman–Crippen MR) is 103 cm³/mol. The Labute approximate surface area is 161 Å². The molecule has 2 aromatic rings. The lowest BCUT2D eigenvalue weighted by Gasteiger charge is -2.09.